The average molecular weight is 149 g/mol. The molecule has 2 nitrogen and oxygen atoms in total. The van der Waals surface area contributed by atoms with E-state index in [0.29, 0.717) is 0 Å². The summed E-state index contributed by atoms with van der Waals surface area (Å²) in [4.78, 5) is 0. The van der Waals surface area contributed by atoms with E-state index in [4.69, 9.17) is 4.52 Å². The molecule has 0 bridgehead atoms. The molecule has 2 heteroatoms. The minimum atomic E-state index is 0.718. The van der Waals surface area contributed by atoms with Gasteiger partial charge in [-0.1, -0.05) is 5.16 Å². The van der Waals surface area contributed by atoms with Crippen molar-refractivity contribution in [1.29, 1.82) is 0 Å². The molecule has 0 radical (unpaired) electrons. The molecular weight excluding hydrogens is 138 g/mol. The van der Waals surface area contributed by atoms with E-state index in [1.54, 1.807) is 0 Å². The molecule has 2 fully saturated rings. The molecule has 1 aromatic heterocycles. The third-order valence-electron chi connectivity index (χ3n) is 2.52. The maximum absolute atomic E-state index is 5.24. The zero-order valence-electron chi connectivity index (χ0n) is 6.42. The lowest BCUT2D eigenvalue weighted by molar-refractivity contribution is 0.378. The summed E-state index contributed by atoms with van der Waals surface area (Å²) in [6, 6.07) is 2.16. The molecule has 3 rings (SSSR count). The number of nitrogens with zero attached hydrogens (tertiary/aromatic N) is 1. The van der Waals surface area contributed by atoms with Gasteiger partial charge in [-0.3, -0.25) is 0 Å². The number of hydrogen-bond donors (Lipinski definition) is 0. The summed E-state index contributed by atoms with van der Waals surface area (Å²) >= 11 is 0. The van der Waals surface area contributed by atoms with Crippen molar-refractivity contribution in [3.8, 4) is 0 Å². The fourth-order valence-electron chi connectivity index (χ4n) is 1.44. The van der Waals surface area contributed by atoms with Crippen LogP contribution in [0.1, 0.15) is 49.0 Å². The molecule has 0 aromatic carbocycles. The molecule has 11 heavy (non-hydrogen) atoms. The summed E-state index contributed by atoms with van der Waals surface area (Å²) < 4.78 is 5.24. The van der Waals surface area contributed by atoms with Gasteiger partial charge in [0.15, 0.2) is 0 Å². The van der Waals surface area contributed by atoms with Crippen LogP contribution in [-0.2, 0) is 0 Å². The van der Waals surface area contributed by atoms with Crippen molar-refractivity contribution in [3.05, 3.63) is 17.5 Å². The highest BCUT2D eigenvalue weighted by Gasteiger charge is 2.32. The van der Waals surface area contributed by atoms with E-state index < -0.39 is 0 Å². The summed E-state index contributed by atoms with van der Waals surface area (Å²) in [6.45, 7) is 0. The molecule has 2 saturated carbocycles. The fourth-order valence-corrected chi connectivity index (χ4v) is 1.44. The molecule has 0 atom stereocenters. The first-order chi connectivity index (χ1) is 5.43. The first-order valence-electron chi connectivity index (χ1n) is 4.40. The van der Waals surface area contributed by atoms with Crippen molar-refractivity contribution >= 4 is 0 Å². The molecule has 2 aliphatic carbocycles. The van der Waals surface area contributed by atoms with Gasteiger partial charge in [0.25, 0.3) is 0 Å². The van der Waals surface area contributed by atoms with Crippen LogP contribution in [0.15, 0.2) is 10.6 Å². The quantitative estimate of drug-likeness (QED) is 0.645. The summed E-state index contributed by atoms with van der Waals surface area (Å²) in [5.41, 5.74) is 1.20. The molecule has 2 aliphatic rings. The monoisotopic (exact) mass is 149 g/mol. The second kappa shape index (κ2) is 1.87. The second-order valence-corrected chi connectivity index (χ2v) is 3.70. The predicted molar refractivity (Wildman–Crippen MR) is 40.5 cm³/mol. The standard InChI is InChI=1S/C9H11NO/c1-2-6(1)8-5-9(11-10-8)7-3-4-7/h5-7H,1-4H2. The highest BCUT2D eigenvalue weighted by atomic mass is 16.5. The largest absolute Gasteiger partial charge is 0.361 e. The molecule has 0 aliphatic heterocycles. The average Bonchev–Trinajstić information content (AvgIpc) is 2.90. The predicted octanol–water partition coefficient (Wildman–Crippen LogP) is 2.43. The van der Waals surface area contributed by atoms with Crippen molar-refractivity contribution in [1.82, 2.24) is 5.16 Å². The molecule has 0 saturated heterocycles. The minimum Gasteiger partial charge on any atom is -0.361 e. The number of hydrogen-bond acceptors (Lipinski definition) is 2. The zero-order valence-corrected chi connectivity index (χ0v) is 6.42. The lowest BCUT2D eigenvalue weighted by Crippen LogP contribution is -1.74. The normalized spacial score (nSPS) is 24.0. The van der Waals surface area contributed by atoms with Crippen LogP contribution in [-0.4, -0.2) is 5.16 Å². The van der Waals surface area contributed by atoms with Gasteiger partial charge in [0.05, 0.1) is 5.69 Å². The Balaban J connectivity index is 1.88. The Kier molecular flexibility index (Phi) is 0.989. The molecule has 0 N–H and O–H groups in total. The Labute approximate surface area is 65.6 Å². The Morgan fingerprint density at radius 2 is 1.91 bits per heavy atom. The van der Waals surface area contributed by atoms with Crippen LogP contribution in [0.4, 0.5) is 0 Å². The highest BCUT2D eigenvalue weighted by molar-refractivity contribution is 5.20. The van der Waals surface area contributed by atoms with Gasteiger partial charge >= 0.3 is 0 Å². The molecule has 1 aromatic rings. The minimum absolute atomic E-state index is 0.718. The van der Waals surface area contributed by atoms with Gasteiger partial charge in [0, 0.05) is 17.9 Å². The SMILES string of the molecule is c1c(C2CC2)noc1C1CC1. The van der Waals surface area contributed by atoms with E-state index >= 15 is 0 Å². The van der Waals surface area contributed by atoms with Crippen LogP contribution in [0.2, 0.25) is 0 Å². The Morgan fingerprint density at radius 3 is 2.55 bits per heavy atom. The first kappa shape index (κ1) is 5.81. The molecule has 0 spiro atoms. The van der Waals surface area contributed by atoms with Crippen molar-refractivity contribution in [2.75, 3.05) is 0 Å². The van der Waals surface area contributed by atoms with Crippen molar-refractivity contribution < 1.29 is 4.52 Å². The topological polar surface area (TPSA) is 26.0 Å². The first-order valence-corrected chi connectivity index (χ1v) is 4.40. The summed E-state index contributed by atoms with van der Waals surface area (Å²) in [5, 5.41) is 4.06. The van der Waals surface area contributed by atoms with Crippen LogP contribution in [0, 0.1) is 0 Å². The maximum Gasteiger partial charge on any atom is 0.140 e. The lowest BCUT2D eigenvalue weighted by atomic mass is 10.2. The third kappa shape index (κ3) is 0.971. The van der Waals surface area contributed by atoms with Crippen molar-refractivity contribution in [3.63, 3.8) is 0 Å². The molecule has 0 unspecified atom stereocenters. The van der Waals surface area contributed by atoms with Gasteiger partial charge in [0.1, 0.15) is 5.76 Å². The number of aromatic nitrogens is 1. The van der Waals surface area contributed by atoms with Crippen LogP contribution in [0.5, 0.6) is 0 Å². The van der Waals surface area contributed by atoms with Gasteiger partial charge < -0.3 is 4.52 Å². The van der Waals surface area contributed by atoms with E-state index in [1.807, 2.05) is 0 Å². The molecule has 1 heterocycles. The van der Waals surface area contributed by atoms with Crippen LogP contribution in [0.25, 0.3) is 0 Å². The second-order valence-electron chi connectivity index (χ2n) is 3.70. The Bertz CT molecular complexity index is 244. The zero-order chi connectivity index (χ0) is 7.26. The maximum atomic E-state index is 5.24. The summed E-state index contributed by atoms with van der Waals surface area (Å²) in [7, 11) is 0. The molecule has 0 amide bonds. The van der Waals surface area contributed by atoms with Gasteiger partial charge in [0.2, 0.25) is 0 Å². The van der Waals surface area contributed by atoms with E-state index in [-0.39, 0.29) is 0 Å². The Hall–Kier alpha value is -0.790. The van der Waals surface area contributed by atoms with E-state index in [1.165, 1.54) is 31.4 Å². The van der Waals surface area contributed by atoms with Crippen molar-refractivity contribution in [2.45, 2.75) is 37.5 Å². The number of rotatable bonds is 2. The Morgan fingerprint density at radius 1 is 1.18 bits per heavy atom. The summed E-state index contributed by atoms with van der Waals surface area (Å²) in [5.74, 6) is 2.59. The summed E-state index contributed by atoms with van der Waals surface area (Å²) in [6.07, 6.45) is 5.24. The third-order valence-corrected chi connectivity index (χ3v) is 2.52. The fraction of sp³-hybridized carbons (Fsp3) is 0.667. The van der Waals surface area contributed by atoms with Crippen LogP contribution in [0.3, 0.4) is 0 Å². The van der Waals surface area contributed by atoms with E-state index in [2.05, 4.69) is 11.2 Å². The van der Waals surface area contributed by atoms with Crippen molar-refractivity contribution in [2.24, 2.45) is 0 Å². The van der Waals surface area contributed by atoms with E-state index in [0.717, 1.165) is 17.6 Å². The van der Waals surface area contributed by atoms with Gasteiger partial charge in [-0.05, 0) is 25.7 Å². The highest BCUT2D eigenvalue weighted by Crippen LogP contribution is 2.44. The lowest BCUT2D eigenvalue weighted by Gasteiger charge is -1.81. The van der Waals surface area contributed by atoms with E-state index in [9.17, 15) is 0 Å². The smallest absolute Gasteiger partial charge is 0.140 e. The van der Waals surface area contributed by atoms with Gasteiger partial charge in [-0.2, -0.15) is 0 Å². The van der Waals surface area contributed by atoms with Crippen LogP contribution < -0.4 is 0 Å². The molecule has 58 valence electrons. The molecular formula is C9H11NO. The van der Waals surface area contributed by atoms with Crippen LogP contribution >= 0.6 is 0 Å². The van der Waals surface area contributed by atoms with Gasteiger partial charge in [-0.15, -0.1) is 0 Å². The van der Waals surface area contributed by atoms with Gasteiger partial charge in [-0.25, -0.2) is 0 Å².